The van der Waals surface area contributed by atoms with Crippen molar-refractivity contribution in [1.29, 1.82) is 0 Å². The van der Waals surface area contributed by atoms with Gasteiger partial charge in [0.25, 0.3) is 0 Å². The highest BCUT2D eigenvalue weighted by molar-refractivity contribution is 5.87. The van der Waals surface area contributed by atoms with Crippen LogP contribution in [0.1, 0.15) is 60.3 Å². The third-order valence-electron chi connectivity index (χ3n) is 7.50. The number of hydrazine groups is 1. The number of nitrogens with one attached hydrogen (secondary N) is 2. The maximum Gasteiger partial charge on any atom is 0.303 e. The number of epoxide rings is 1. The minimum Gasteiger partial charge on any atom is -0.459 e. The van der Waals surface area contributed by atoms with Crippen molar-refractivity contribution >= 4 is 17.8 Å². The normalized spacial score (nSPS) is 35.7. The van der Waals surface area contributed by atoms with Gasteiger partial charge in [0.15, 0.2) is 0 Å². The van der Waals surface area contributed by atoms with Gasteiger partial charge in [0.1, 0.15) is 23.9 Å². The molecule has 0 aromatic carbocycles. The first-order chi connectivity index (χ1) is 18.4. The summed E-state index contributed by atoms with van der Waals surface area (Å²) in [6, 6.07) is -0.126. The van der Waals surface area contributed by atoms with Gasteiger partial charge in [-0.1, -0.05) is 30.7 Å². The summed E-state index contributed by atoms with van der Waals surface area (Å²) in [5.74, 6) is 4.45. The Bertz CT molecular complexity index is 976. The summed E-state index contributed by atoms with van der Waals surface area (Å²) in [6.07, 6.45) is 8.30. The lowest BCUT2D eigenvalue weighted by molar-refractivity contribution is -0.145. The van der Waals surface area contributed by atoms with Crippen molar-refractivity contribution in [3.05, 3.63) is 36.0 Å². The number of hydrogen-bond donors (Lipinski definition) is 4. The number of aliphatic hydroxyl groups excluding tert-OH is 1. The molecule has 3 saturated heterocycles. The standard InChI is InChI=1S/C28H43N3O8/c1-16(7-10-24-27(35)28(15-36-28)14-21(39-24)13-26(34)31-29)6-9-23-17(2)12-22(19(4)38-23)30-25(33)11-8-18(3)37-20(5)32/h6-8,10-11,17-19,21-24,27,35H,9,12-15,29H2,1-5H3,(H,30,33)(H,31,34). The van der Waals surface area contributed by atoms with Gasteiger partial charge in [-0.15, -0.1) is 0 Å². The summed E-state index contributed by atoms with van der Waals surface area (Å²) in [5, 5.41) is 13.7. The molecule has 3 fully saturated rings. The van der Waals surface area contributed by atoms with Crippen LogP contribution in [0.4, 0.5) is 0 Å². The fourth-order valence-corrected chi connectivity index (χ4v) is 5.15. The van der Waals surface area contributed by atoms with Crippen LogP contribution >= 0.6 is 0 Å². The summed E-state index contributed by atoms with van der Waals surface area (Å²) in [4.78, 5) is 35.1. The van der Waals surface area contributed by atoms with Crippen molar-refractivity contribution in [2.24, 2.45) is 11.8 Å². The molecule has 9 unspecified atom stereocenters. The number of ether oxygens (including phenoxy) is 4. The molecule has 218 valence electrons. The summed E-state index contributed by atoms with van der Waals surface area (Å²) < 4.78 is 22.8. The summed E-state index contributed by atoms with van der Waals surface area (Å²) >= 11 is 0. The van der Waals surface area contributed by atoms with Gasteiger partial charge in [-0.05, 0) is 45.6 Å². The molecule has 0 aromatic rings. The van der Waals surface area contributed by atoms with Gasteiger partial charge in [-0.2, -0.15) is 0 Å². The minimum atomic E-state index is -0.812. The summed E-state index contributed by atoms with van der Waals surface area (Å²) in [6.45, 7) is 9.48. The molecule has 5 N–H and O–H groups in total. The van der Waals surface area contributed by atoms with E-state index in [4.69, 9.17) is 24.8 Å². The molecule has 0 aromatic heterocycles. The highest BCUT2D eigenvalue weighted by atomic mass is 16.6. The number of aliphatic hydroxyl groups is 1. The largest absolute Gasteiger partial charge is 0.459 e. The molecular formula is C28H43N3O8. The Morgan fingerprint density at radius 3 is 2.56 bits per heavy atom. The average molecular weight is 550 g/mol. The zero-order valence-electron chi connectivity index (χ0n) is 23.4. The number of carbonyl (C=O) groups excluding carboxylic acids is 3. The van der Waals surface area contributed by atoms with Gasteiger partial charge in [0.2, 0.25) is 11.8 Å². The highest BCUT2D eigenvalue weighted by Crippen LogP contribution is 2.43. The van der Waals surface area contributed by atoms with Crippen LogP contribution in [0.5, 0.6) is 0 Å². The van der Waals surface area contributed by atoms with Crippen LogP contribution in [-0.2, 0) is 33.3 Å². The fourth-order valence-electron chi connectivity index (χ4n) is 5.15. The second-order valence-corrected chi connectivity index (χ2v) is 10.9. The number of esters is 1. The van der Waals surface area contributed by atoms with E-state index in [2.05, 4.69) is 23.7 Å². The predicted molar refractivity (Wildman–Crippen MR) is 143 cm³/mol. The second-order valence-electron chi connectivity index (χ2n) is 10.9. The molecule has 11 nitrogen and oxygen atoms in total. The van der Waals surface area contributed by atoms with Crippen LogP contribution < -0.4 is 16.6 Å². The van der Waals surface area contributed by atoms with Crippen molar-refractivity contribution in [1.82, 2.24) is 10.7 Å². The topological polar surface area (TPSA) is 162 Å². The van der Waals surface area contributed by atoms with Crippen LogP contribution in [0.15, 0.2) is 36.0 Å². The molecule has 3 aliphatic heterocycles. The van der Waals surface area contributed by atoms with E-state index in [1.165, 1.54) is 13.0 Å². The van der Waals surface area contributed by atoms with E-state index in [1.54, 1.807) is 13.0 Å². The van der Waals surface area contributed by atoms with Crippen molar-refractivity contribution < 1.29 is 38.4 Å². The Morgan fingerprint density at radius 2 is 1.92 bits per heavy atom. The number of hydrogen-bond acceptors (Lipinski definition) is 9. The number of nitrogens with two attached hydrogens (primary N) is 1. The Labute approximate surface area is 230 Å². The summed E-state index contributed by atoms with van der Waals surface area (Å²) in [7, 11) is 0. The van der Waals surface area contributed by atoms with Crippen LogP contribution in [0, 0.1) is 5.92 Å². The highest BCUT2D eigenvalue weighted by Gasteiger charge is 2.58. The molecule has 39 heavy (non-hydrogen) atoms. The first kappa shape index (κ1) is 31.0. The fraction of sp³-hybridized carbons (Fsp3) is 0.679. The molecule has 0 aliphatic carbocycles. The molecule has 3 aliphatic rings. The van der Waals surface area contributed by atoms with E-state index in [9.17, 15) is 19.5 Å². The van der Waals surface area contributed by atoms with Crippen LogP contribution in [0.3, 0.4) is 0 Å². The molecular weight excluding hydrogens is 506 g/mol. The molecule has 1 spiro atoms. The van der Waals surface area contributed by atoms with Crippen LogP contribution in [0.25, 0.3) is 0 Å². The average Bonchev–Trinajstić information content (AvgIpc) is 3.64. The third-order valence-corrected chi connectivity index (χ3v) is 7.50. The Kier molecular flexibility index (Phi) is 10.9. The maximum absolute atomic E-state index is 12.3. The SMILES string of the molecule is CC(=O)OC(C)C=CC(=O)NC1CC(C)C(CC=C(C)C=CC2OC(CC(=O)NN)CC3(CO3)C2O)OC1C. The van der Waals surface area contributed by atoms with E-state index in [-0.39, 0.29) is 42.4 Å². The number of carbonyl (C=O) groups is 3. The van der Waals surface area contributed by atoms with Crippen molar-refractivity contribution in [2.45, 2.75) is 109 Å². The predicted octanol–water partition coefficient (Wildman–Crippen LogP) is 1.35. The second kappa shape index (κ2) is 13.7. The van der Waals surface area contributed by atoms with E-state index in [0.717, 1.165) is 12.0 Å². The molecule has 0 saturated carbocycles. The van der Waals surface area contributed by atoms with Gasteiger partial charge in [-0.3, -0.25) is 19.8 Å². The number of rotatable bonds is 10. The van der Waals surface area contributed by atoms with Crippen molar-refractivity contribution in [3.63, 3.8) is 0 Å². The molecule has 11 heteroatoms. The van der Waals surface area contributed by atoms with Gasteiger partial charge in [0, 0.05) is 19.4 Å². The summed E-state index contributed by atoms with van der Waals surface area (Å²) in [5.41, 5.74) is 2.45. The first-order valence-corrected chi connectivity index (χ1v) is 13.6. The molecule has 2 amide bonds. The lowest BCUT2D eigenvalue weighted by atomic mass is 9.87. The minimum absolute atomic E-state index is 0.00478. The zero-order valence-corrected chi connectivity index (χ0v) is 23.4. The van der Waals surface area contributed by atoms with E-state index >= 15 is 0 Å². The Balaban J connectivity index is 1.50. The lowest BCUT2D eigenvalue weighted by Gasteiger charge is -2.39. The quantitative estimate of drug-likeness (QED) is 0.0599. The van der Waals surface area contributed by atoms with E-state index < -0.39 is 36.0 Å². The zero-order chi connectivity index (χ0) is 28.7. The van der Waals surface area contributed by atoms with Gasteiger partial charge < -0.3 is 29.4 Å². The van der Waals surface area contributed by atoms with Crippen molar-refractivity contribution in [3.8, 4) is 0 Å². The molecule has 3 heterocycles. The van der Waals surface area contributed by atoms with Gasteiger partial charge in [-0.25, -0.2) is 5.84 Å². The Morgan fingerprint density at radius 1 is 1.21 bits per heavy atom. The molecule has 0 radical (unpaired) electrons. The van der Waals surface area contributed by atoms with Gasteiger partial charge in [0.05, 0.1) is 37.4 Å². The number of amides is 2. The maximum atomic E-state index is 12.3. The van der Waals surface area contributed by atoms with Crippen LogP contribution in [-0.4, -0.2) is 77.8 Å². The lowest BCUT2D eigenvalue weighted by Crippen LogP contribution is -2.51. The first-order valence-electron chi connectivity index (χ1n) is 13.6. The van der Waals surface area contributed by atoms with Crippen LogP contribution in [0.2, 0.25) is 0 Å². The van der Waals surface area contributed by atoms with Crippen molar-refractivity contribution in [2.75, 3.05) is 6.61 Å². The molecule has 3 rings (SSSR count). The van der Waals surface area contributed by atoms with Gasteiger partial charge >= 0.3 is 5.97 Å². The van der Waals surface area contributed by atoms with E-state index in [1.807, 2.05) is 26.0 Å². The monoisotopic (exact) mass is 549 g/mol. The molecule has 0 bridgehead atoms. The molecule has 9 atom stereocenters. The smallest absolute Gasteiger partial charge is 0.303 e. The Hall–Kier alpha value is -2.57. The number of allylic oxidation sites excluding steroid dienone is 2. The third kappa shape index (κ3) is 8.97. The van der Waals surface area contributed by atoms with E-state index in [0.29, 0.717) is 19.4 Å².